The lowest BCUT2D eigenvalue weighted by Crippen LogP contribution is -2.27. The van der Waals surface area contributed by atoms with Crippen LogP contribution in [0.4, 0.5) is 10.7 Å². The van der Waals surface area contributed by atoms with Crippen molar-refractivity contribution in [3.05, 3.63) is 110 Å². The Hall–Kier alpha value is -3.12. The molecular formula is C33H32Cl2N2O2S. The summed E-state index contributed by atoms with van der Waals surface area (Å²) >= 11 is 14.0. The molecule has 7 heteroatoms. The average Bonchev–Trinajstić information content (AvgIpc) is 3.30. The maximum Gasteiger partial charge on any atom is 0.259 e. The van der Waals surface area contributed by atoms with Crippen LogP contribution in [-0.4, -0.2) is 12.1 Å². The van der Waals surface area contributed by atoms with Crippen molar-refractivity contribution < 1.29 is 9.53 Å². The number of carbonyl (C=O) groups excluding carboxylic acids is 1. The topological polar surface area (TPSA) is 50.7 Å². The van der Waals surface area contributed by atoms with Gasteiger partial charge in [0.05, 0.1) is 5.56 Å². The summed E-state index contributed by atoms with van der Waals surface area (Å²) in [6, 6.07) is 22.6. The van der Waals surface area contributed by atoms with Crippen molar-refractivity contribution in [3.63, 3.8) is 0 Å². The number of thiophene rings is 1. The van der Waals surface area contributed by atoms with Crippen molar-refractivity contribution in [3.8, 4) is 5.75 Å². The van der Waals surface area contributed by atoms with Crippen LogP contribution in [0.25, 0.3) is 0 Å². The van der Waals surface area contributed by atoms with Gasteiger partial charge in [-0.1, -0.05) is 74.3 Å². The van der Waals surface area contributed by atoms with Crippen LogP contribution in [0.5, 0.6) is 5.75 Å². The van der Waals surface area contributed by atoms with Gasteiger partial charge in [-0.15, -0.1) is 11.3 Å². The van der Waals surface area contributed by atoms with E-state index in [0.717, 1.165) is 36.0 Å². The van der Waals surface area contributed by atoms with Crippen LogP contribution in [0, 0.1) is 11.3 Å². The molecule has 1 heterocycles. The van der Waals surface area contributed by atoms with Crippen LogP contribution >= 0.6 is 34.5 Å². The minimum absolute atomic E-state index is 0.149. The Balaban J connectivity index is 1.45. The number of rotatable bonds is 7. The number of carbonyl (C=O) groups is 1. The molecule has 4 nitrogen and oxygen atoms in total. The number of nitrogens with zero attached hydrogens (tertiary/aromatic N) is 1. The number of hydrogen-bond acceptors (Lipinski definition) is 4. The number of hydrogen-bond donors (Lipinski definition) is 1. The number of benzene rings is 3. The van der Waals surface area contributed by atoms with E-state index in [1.807, 2.05) is 60.7 Å². The van der Waals surface area contributed by atoms with Crippen molar-refractivity contribution >= 4 is 57.3 Å². The van der Waals surface area contributed by atoms with Crippen molar-refractivity contribution in [1.29, 1.82) is 0 Å². The molecule has 4 aromatic rings. The van der Waals surface area contributed by atoms with E-state index in [0.29, 0.717) is 44.6 Å². The van der Waals surface area contributed by atoms with Gasteiger partial charge in [0, 0.05) is 38.0 Å². The van der Waals surface area contributed by atoms with Crippen LogP contribution < -0.4 is 10.1 Å². The highest BCUT2D eigenvalue weighted by molar-refractivity contribution is 7.16. The lowest BCUT2D eigenvalue weighted by molar-refractivity contribution is 0.102. The molecule has 206 valence electrons. The number of para-hydroxylation sites is 1. The average molecular weight is 592 g/mol. The third-order valence-corrected chi connectivity index (χ3v) is 9.16. The normalized spacial score (nSPS) is 15.2. The number of ether oxygens (including phenoxy) is 1. The summed E-state index contributed by atoms with van der Waals surface area (Å²) in [5.41, 5.74) is 4.43. The third-order valence-electron chi connectivity index (χ3n) is 7.38. The second kappa shape index (κ2) is 12.2. The molecule has 1 N–H and O–H groups in total. The fourth-order valence-corrected chi connectivity index (χ4v) is 6.57. The Morgan fingerprint density at radius 2 is 1.77 bits per heavy atom. The Bertz CT molecular complexity index is 1540. The Kier molecular flexibility index (Phi) is 8.65. The first-order chi connectivity index (χ1) is 19.2. The van der Waals surface area contributed by atoms with Gasteiger partial charge in [0.2, 0.25) is 0 Å². The summed E-state index contributed by atoms with van der Waals surface area (Å²) in [4.78, 5) is 19.8. The van der Waals surface area contributed by atoms with E-state index in [9.17, 15) is 4.79 Å². The summed E-state index contributed by atoms with van der Waals surface area (Å²) in [6.45, 7) is 7.23. The summed E-state index contributed by atoms with van der Waals surface area (Å²) in [7, 11) is 0. The van der Waals surface area contributed by atoms with E-state index < -0.39 is 0 Å². The number of nitrogens with one attached hydrogen (secondary N) is 1. The van der Waals surface area contributed by atoms with E-state index in [2.05, 4.69) is 26.1 Å². The van der Waals surface area contributed by atoms with Gasteiger partial charge in [-0.2, -0.15) is 0 Å². The van der Waals surface area contributed by atoms with Gasteiger partial charge < -0.3 is 10.1 Å². The first-order valence-corrected chi connectivity index (χ1v) is 15.0. The Labute approximate surface area is 250 Å². The first-order valence-electron chi connectivity index (χ1n) is 13.4. The molecule has 0 unspecified atom stereocenters. The molecule has 0 spiro atoms. The molecule has 0 bridgehead atoms. The number of aliphatic imine (C=N–C) groups is 1. The van der Waals surface area contributed by atoms with Crippen molar-refractivity contribution in [2.75, 3.05) is 5.32 Å². The molecule has 1 amide bonds. The minimum atomic E-state index is -0.149. The Morgan fingerprint density at radius 1 is 1.05 bits per heavy atom. The van der Waals surface area contributed by atoms with Crippen LogP contribution in [0.3, 0.4) is 0 Å². The standard InChI is InChI=1S/C33H32Cl2N2O2S/c1-33(2,3)23-12-17-26-29(18-23)40-32(30(26)31(38)37-25-15-13-24(34)14-16-25)36-19-21-8-5-7-11-28(21)39-20-22-9-4-6-10-27(22)35/h4-11,13-16,19,23H,12,17-18,20H2,1-3H3,(H,37,38)/t23-/m0/s1. The van der Waals surface area contributed by atoms with Crippen LogP contribution in [0.15, 0.2) is 77.8 Å². The number of amides is 1. The van der Waals surface area contributed by atoms with Gasteiger partial charge >= 0.3 is 0 Å². The van der Waals surface area contributed by atoms with Crippen molar-refractivity contribution in [1.82, 2.24) is 0 Å². The molecule has 0 fully saturated rings. The lowest BCUT2D eigenvalue weighted by atomic mass is 9.72. The smallest absolute Gasteiger partial charge is 0.259 e. The van der Waals surface area contributed by atoms with E-state index in [4.69, 9.17) is 32.9 Å². The molecule has 0 saturated heterocycles. The molecule has 1 aliphatic rings. The highest BCUT2D eigenvalue weighted by atomic mass is 35.5. The van der Waals surface area contributed by atoms with Crippen molar-refractivity contribution in [2.24, 2.45) is 16.3 Å². The Morgan fingerprint density at radius 3 is 2.52 bits per heavy atom. The molecule has 0 saturated carbocycles. The molecule has 3 aromatic carbocycles. The highest BCUT2D eigenvalue weighted by Crippen LogP contribution is 2.45. The number of anilines is 1. The van der Waals surface area contributed by atoms with Gasteiger partial charge in [0.1, 0.15) is 17.4 Å². The molecule has 40 heavy (non-hydrogen) atoms. The minimum Gasteiger partial charge on any atom is -0.488 e. The summed E-state index contributed by atoms with van der Waals surface area (Å²) < 4.78 is 6.13. The van der Waals surface area contributed by atoms with Gasteiger partial charge in [0.15, 0.2) is 0 Å². The monoisotopic (exact) mass is 590 g/mol. The SMILES string of the molecule is CC(C)(C)[C@H]1CCc2c(sc(N=Cc3ccccc3OCc3ccccc3Cl)c2C(=O)Nc2ccc(Cl)cc2)C1. The fraction of sp³-hybridized carbons (Fsp3) is 0.273. The van der Waals surface area contributed by atoms with E-state index in [1.165, 1.54) is 4.88 Å². The number of fused-ring (bicyclic) bond motifs is 1. The third kappa shape index (κ3) is 6.60. The predicted molar refractivity (Wildman–Crippen MR) is 168 cm³/mol. The number of halogens is 2. The molecule has 0 aliphatic heterocycles. The molecule has 5 rings (SSSR count). The maximum atomic E-state index is 13.7. The van der Waals surface area contributed by atoms with Gasteiger partial charge in [0.25, 0.3) is 5.91 Å². The molecule has 1 atom stereocenters. The fourth-order valence-electron chi connectivity index (χ4n) is 4.98. The zero-order chi connectivity index (χ0) is 28.3. The second-order valence-corrected chi connectivity index (χ2v) is 13.1. The van der Waals surface area contributed by atoms with Gasteiger partial charge in [-0.05, 0) is 78.6 Å². The largest absolute Gasteiger partial charge is 0.488 e. The summed E-state index contributed by atoms with van der Waals surface area (Å²) in [6.07, 6.45) is 4.66. The predicted octanol–water partition coefficient (Wildman–Crippen LogP) is 9.79. The molecular weight excluding hydrogens is 559 g/mol. The maximum absolute atomic E-state index is 13.7. The lowest BCUT2D eigenvalue weighted by Gasteiger charge is -2.33. The quantitative estimate of drug-likeness (QED) is 0.218. The summed E-state index contributed by atoms with van der Waals surface area (Å²) in [5.74, 6) is 1.11. The van der Waals surface area contributed by atoms with Crippen LogP contribution in [0.1, 0.15) is 59.1 Å². The van der Waals surface area contributed by atoms with Crippen LogP contribution in [0.2, 0.25) is 10.0 Å². The molecule has 1 aromatic heterocycles. The summed E-state index contributed by atoms with van der Waals surface area (Å²) in [5, 5.41) is 5.06. The van der Waals surface area contributed by atoms with Gasteiger partial charge in [-0.3, -0.25) is 4.79 Å². The molecule has 0 radical (unpaired) electrons. The zero-order valence-electron chi connectivity index (χ0n) is 22.8. The second-order valence-electron chi connectivity index (χ2n) is 11.1. The highest BCUT2D eigenvalue weighted by Gasteiger charge is 2.33. The zero-order valence-corrected chi connectivity index (χ0v) is 25.2. The molecule has 1 aliphatic carbocycles. The van der Waals surface area contributed by atoms with Crippen molar-refractivity contribution in [2.45, 2.75) is 46.6 Å². The van der Waals surface area contributed by atoms with Gasteiger partial charge in [-0.25, -0.2) is 4.99 Å². The first kappa shape index (κ1) is 28.4. The van der Waals surface area contributed by atoms with E-state index in [1.54, 1.807) is 29.7 Å². The van der Waals surface area contributed by atoms with E-state index in [-0.39, 0.29) is 11.3 Å². The van der Waals surface area contributed by atoms with E-state index >= 15 is 0 Å². The van der Waals surface area contributed by atoms with Crippen LogP contribution in [-0.2, 0) is 19.4 Å².